The first-order valence-corrected chi connectivity index (χ1v) is 15.2. The van der Waals surface area contributed by atoms with Gasteiger partial charge in [-0.25, -0.2) is 13.8 Å². The highest BCUT2D eigenvalue weighted by atomic mass is 35.5. The van der Waals surface area contributed by atoms with E-state index in [9.17, 15) is 13.2 Å². The van der Waals surface area contributed by atoms with E-state index < -0.39 is 22.5 Å². The van der Waals surface area contributed by atoms with E-state index in [4.69, 9.17) is 32.7 Å². The number of carbonyl (C=O) groups is 1. The predicted octanol–water partition coefficient (Wildman–Crippen LogP) is 6.63. The van der Waals surface area contributed by atoms with Crippen molar-refractivity contribution in [2.24, 2.45) is 5.10 Å². The van der Waals surface area contributed by atoms with E-state index in [1.165, 1.54) is 24.4 Å². The minimum absolute atomic E-state index is 0.0474. The molecule has 1 N–H and O–H groups in total. The quantitative estimate of drug-likeness (QED) is 0.141. The highest BCUT2D eigenvalue weighted by molar-refractivity contribution is 7.92. The molecule has 218 valence electrons. The number of nitrogens with zero attached hydrogens (tertiary/aromatic N) is 2. The average molecular weight is 627 g/mol. The van der Waals surface area contributed by atoms with Crippen LogP contribution >= 0.6 is 23.2 Å². The molecule has 0 aliphatic heterocycles. The van der Waals surface area contributed by atoms with E-state index in [0.29, 0.717) is 40.3 Å². The Morgan fingerprint density at radius 3 is 2.33 bits per heavy atom. The van der Waals surface area contributed by atoms with Gasteiger partial charge < -0.3 is 9.47 Å². The molecule has 0 spiro atoms. The summed E-state index contributed by atoms with van der Waals surface area (Å²) in [5.74, 6) is 0.416. The topological polar surface area (TPSA) is 97.3 Å². The molecule has 0 heterocycles. The number of hydrazone groups is 1. The fourth-order valence-electron chi connectivity index (χ4n) is 3.86. The van der Waals surface area contributed by atoms with Gasteiger partial charge in [0.25, 0.3) is 15.9 Å². The number of ether oxygens (including phenoxy) is 2. The van der Waals surface area contributed by atoms with Crippen LogP contribution in [0.2, 0.25) is 10.0 Å². The number of anilines is 1. The Bertz CT molecular complexity index is 1660. The zero-order valence-electron chi connectivity index (χ0n) is 23.0. The van der Waals surface area contributed by atoms with Crippen molar-refractivity contribution in [2.45, 2.75) is 25.3 Å². The van der Waals surface area contributed by atoms with Gasteiger partial charge in [0.2, 0.25) is 0 Å². The van der Waals surface area contributed by atoms with E-state index in [-0.39, 0.29) is 10.6 Å². The second-order valence-corrected chi connectivity index (χ2v) is 11.9. The van der Waals surface area contributed by atoms with Crippen molar-refractivity contribution in [3.8, 4) is 11.5 Å². The van der Waals surface area contributed by atoms with Crippen LogP contribution in [0.5, 0.6) is 11.5 Å². The summed E-state index contributed by atoms with van der Waals surface area (Å²) in [6, 6.07) is 25.3. The molecule has 1 amide bonds. The van der Waals surface area contributed by atoms with Crippen molar-refractivity contribution in [3.05, 3.63) is 118 Å². The minimum atomic E-state index is -4.08. The number of benzene rings is 4. The van der Waals surface area contributed by atoms with Crippen LogP contribution in [0.25, 0.3) is 0 Å². The summed E-state index contributed by atoms with van der Waals surface area (Å²) >= 11 is 12.1. The van der Waals surface area contributed by atoms with E-state index >= 15 is 0 Å². The fourth-order valence-corrected chi connectivity index (χ4v) is 5.59. The third kappa shape index (κ3) is 8.25. The van der Waals surface area contributed by atoms with Gasteiger partial charge in [0.15, 0.2) is 11.5 Å². The maximum absolute atomic E-state index is 13.5. The Hall–Kier alpha value is -4.05. The Morgan fingerprint density at radius 2 is 1.64 bits per heavy atom. The first kappa shape index (κ1) is 30.9. The number of nitrogens with one attached hydrogen (secondary N) is 1. The van der Waals surface area contributed by atoms with E-state index in [1.54, 1.807) is 60.7 Å². The SMILES string of the molecule is CCOc1cc(/C=N\NC(=O)CN(c2cccc(Cl)c2)S(=O)(=O)c2ccc(C)cc2)ccc1OCc1ccc(Cl)cc1. The van der Waals surface area contributed by atoms with Crippen molar-refractivity contribution in [1.29, 1.82) is 0 Å². The molecular weight excluding hydrogens is 597 g/mol. The summed E-state index contributed by atoms with van der Waals surface area (Å²) in [5.41, 5.74) is 5.14. The van der Waals surface area contributed by atoms with Crippen molar-refractivity contribution in [1.82, 2.24) is 5.43 Å². The molecular formula is C31H29Cl2N3O5S. The van der Waals surface area contributed by atoms with Gasteiger partial charge in [0.05, 0.1) is 23.4 Å². The second kappa shape index (κ2) is 14.2. The largest absolute Gasteiger partial charge is 0.490 e. The van der Waals surface area contributed by atoms with Gasteiger partial charge in [0, 0.05) is 10.0 Å². The highest BCUT2D eigenvalue weighted by Gasteiger charge is 2.27. The molecule has 4 aromatic rings. The lowest BCUT2D eigenvalue weighted by Gasteiger charge is -2.24. The molecule has 0 atom stereocenters. The third-order valence-electron chi connectivity index (χ3n) is 5.97. The normalized spacial score (nSPS) is 11.3. The van der Waals surface area contributed by atoms with Gasteiger partial charge >= 0.3 is 0 Å². The molecule has 0 radical (unpaired) electrons. The first-order valence-electron chi connectivity index (χ1n) is 13.0. The number of hydrogen-bond donors (Lipinski definition) is 1. The molecule has 4 aromatic carbocycles. The fraction of sp³-hybridized carbons (Fsp3) is 0.161. The second-order valence-electron chi connectivity index (χ2n) is 9.15. The standard InChI is InChI=1S/C31H29Cl2N3O5S/c1-3-40-30-17-24(11-16-29(30)41-21-23-9-12-25(32)13-10-23)19-34-35-31(37)20-36(27-6-4-5-26(33)18-27)42(38,39)28-14-7-22(2)8-15-28/h4-19H,3,20-21H2,1-2H3,(H,35,37)/b34-19-. The molecule has 0 fully saturated rings. The molecule has 0 saturated carbocycles. The van der Waals surface area contributed by atoms with Gasteiger partial charge in [-0.05, 0) is 85.6 Å². The van der Waals surface area contributed by atoms with Gasteiger partial charge in [-0.1, -0.05) is 59.1 Å². The summed E-state index contributed by atoms with van der Waals surface area (Å²) in [4.78, 5) is 12.9. The Kier molecular flexibility index (Phi) is 10.5. The van der Waals surface area contributed by atoms with E-state index in [1.807, 2.05) is 26.0 Å². The Morgan fingerprint density at radius 1 is 0.905 bits per heavy atom. The maximum atomic E-state index is 13.5. The van der Waals surface area contributed by atoms with E-state index in [0.717, 1.165) is 15.4 Å². The summed E-state index contributed by atoms with van der Waals surface area (Å²) in [6.45, 7) is 3.95. The molecule has 4 rings (SSSR count). The summed E-state index contributed by atoms with van der Waals surface area (Å²) in [6.07, 6.45) is 1.43. The number of rotatable bonds is 12. The highest BCUT2D eigenvalue weighted by Crippen LogP contribution is 2.29. The van der Waals surface area contributed by atoms with Crippen LogP contribution in [0.4, 0.5) is 5.69 Å². The minimum Gasteiger partial charge on any atom is -0.490 e. The number of sulfonamides is 1. The zero-order chi connectivity index (χ0) is 30.1. The van der Waals surface area contributed by atoms with Gasteiger partial charge in [-0.3, -0.25) is 9.10 Å². The van der Waals surface area contributed by atoms with Gasteiger partial charge in [-0.2, -0.15) is 5.10 Å². The number of carbonyl (C=O) groups excluding carboxylic acids is 1. The smallest absolute Gasteiger partial charge is 0.264 e. The number of amides is 1. The molecule has 42 heavy (non-hydrogen) atoms. The Labute approximate surface area is 255 Å². The lowest BCUT2D eigenvalue weighted by atomic mass is 10.2. The summed E-state index contributed by atoms with van der Waals surface area (Å²) in [5, 5.41) is 5.01. The van der Waals surface area contributed by atoms with Crippen LogP contribution in [0.1, 0.15) is 23.6 Å². The van der Waals surface area contributed by atoms with Crippen LogP contribution in [0.15, 0.2) is 101 Å². The molecule has 11 heteroatoms. The van der Waals surface area contributed by atoms with Crippen LogP contribution in [-0.4, -0.2) is 33.7 Å². The number of aryl methyl sites for hydroxylation is 1. The molecule has 0 aliphatic rings. The lowest BCUT2D eigenvalue weighted by molar-refractivity contribution is -0.119. The third-order valence-corrected chi connectivity index (χ3v) is 8.25. The average Bonchev–Trinajstić information content (AvgIpc) is 2.96. The Balaban J connectivity index is 1.47. The van der Waals surface area contributed by atoms with Gasteiger partial charge in [0.1, 0.15) is 13.2 Å². The molecule has 0 aliphatic carbocycles. The van der Waals surface area contributed by atoms with Crippen molar-refractivity contribution >= 4 is 51.0 Å². The molecule has 0 bridgehead atoms. The van der Waals surface area contributed by atoms with Crippen molar-refractivity contribution < 1.29 is 22.7 Å². The zero-order valence-corrected chi connectivity index (χ0v) is 25.3. The van der Waals surface area contributed by atoms with Crippen LogP contribution < -0.4 is 19.2 Å². The van der Waals surface area contributed by atoms with Gasteiger partial charge in [-0.15, -0.1) is 0 Å². The van der Waals surface area contributed by atoms with E-state index in [2.05, 4.69) is 10.5 Å². The predicted molar refractivity (Wildman–Crippen MR) is 166 cm³/mol. The maximum Gasteiger partial charge on any atom is 0.264 e. The van der Waals surface area contributed by atoms with Crippen LogP contribution in [0.3, 0.4) is 0 Å². The molecule has 8 nitrogen and oxygen atoms in total. The molecule has 0 aromatic heterocycles. The lowest BCUT2D eigenvalue weighted by Crippen LogP contribution is -2.39. The first-order chi connectivity index (χ1) is 20.2. The summed E-state index contributed by atoms with van der Waals surface area (Å²) < 4.78 is 39.7. The van der Waals surface area contributed by atoms with Crippen molar-refractivity contribution in [3.63, 3.8) is 0 Å². The van der Waals surface area contributed by atoms with Crippen molar-refractivity contribution in [2.75, 3.05) is 17.5 Å². The van der Waals surface area contributed by atoms with Crippen LogP contribution in [-0.2, 0) is 21.4 Å². The van der Waals surface area contributed by atoms with Crippen LogP contribution in [0, 0.1) is 6.92 Å². The number of hydrogen-bond acceptors (Lipinski definition) is 6. The summed E-state index contributed by atoms with van der Waals surface area (Å²) in [7, 11) is -4.08. The molecule has 0 saturated heterocycles. The molecule has 0 unspecified atom stereocenters. The number of halogens is 2. The monoisotopic (exact) mass is 625 g/mol.